The van der Waals surface area contributed by atoms with Gasteiger partial charge in [0, 0.05) is 29.2 Å². The highest BCUT2D eigenvalue weighted by molar-refractivity contribution is 6.35. The molecule has 2 aromatic rings. The van der Waals surface area contributed by atoms with Crippen molar-refractivity contribution >= 4 is 23.2 Å². The van der Waals surface area contributed by atoms with E-state index in [4.69, 9.17) is 27.9 Å². The summed E-state index contributed by atoms with van der Waals surface area (Å²) >= 11 is 12.2. The average Bonchev–Trinajstić information content (AvgIpc) is 3.15. The Morgan fingerprint density at radius 2 is 1.80 bits per heavy atom. The van der Waals surface area contributed by atoms with Gasteiger partial charge in [-0.2, -0.15) is 0 Å². The number of ether oxygens (including phenoxy) is 1. The van der Waals surface area contributed by atoms with E-state index < -0.39 is 0 Å². The molecule has 1 aliphatic rings. The lowest BCUT2D eigenvalue weighted by molar-refractivity contribution is 0.238. The summed E-state index contributed by atoms with van der Waals surface area (Å²) in [7, 11) is 1.70. The van der Waals surface area contributed by atoms with E-state index in [9.17, 15) is 0 Å². The Hall–Kier alpha value is -1.26. The number of halogens is 2. The van der Waals surface area contributed by atoms with Gasteiger partial charge in [0.1, 0.15) is 5.75 Å². The summed E-state index contributed by atoms with van der Waals surface area (Å²) in [5.74, 6) is 0.893. The molecule has 1 unspecified atom stereocenters. The molecule has 3 rings (SSSR count). The maximum Gasteiger partial charge on any atom is 0.118 e. The topological polar surface area (TPSA) is 24.5 Å². The molecule has 0 amide bonds. The van der Waals surface area contributed by atoms with Gasteiger partial charge in [-0.1, -0.05) is 41.4 Å². The maximum atomic E-state index is 6.27. The van der Waals surface area contributed by atoms with Crippen molar-refractivity contribution in [1.29, 1.82) is 0 Å². The minimum atomic E-state index is 0.361. The first-order chi connectivity index (χ1) is 12.2. The molecular formula is C20H24Cl2N2O. The number of nitrogens with one attached hydrogen (secondary N) is 1. The number of methoxy groups -OCH3 is 1. The SMILES string of the molecule is COc1ccc(C(CNCc2ccc(Cl)cc2Cl)N2CCCC2)cc1. The molecule has 134 valence electrons. The lowest BCUT2D eigenvalue weighted by atomic mass is 10.0. The Morgan fingerprint density at radius 1 is 1.08 bits per heavy atom. The smallest absolute Gasteiger partial charge is 0.118 e. The van der Waals surface area contributed by atoms with Crippen LogP contribution in [0.15, 0.2) is 42.5 Å². The maximum absolute atomic E-state index is 6.27. The van der Waals surface area contributed by atoms with Crippen LogP contribution in [-0.2, 0) is 6.54 Å². The monoisotopic (exact) mass is 378 g/mol. The fraction of sp³-hybridized carbons (Fsp3) is 0.400. The van der Waals surface area contributed by atoms with Crippen molar-refractivity contribution in [3.63, 3.8) is 0 Å². The molecule has 1 atom stereocenters. The highest BCUT2D eigenvalue weighted by atomic mass is 35.5. The number of likely N-dealkylation sites (tertiary alicyclic amines) is 1. The quantitative estimate of drug-likeness (QED) is 0.738. The van der Waals surface area contributed by atoms with Crippen molar-refractivity contribution in [2.75, 3.05) is 26.7 Å². The van der Waals surface area contributed by atoms with E-state index in [1.165, 1.54) is 18.4 Å². The molecule has 3 nitrogen and oxygen atoms in total. The lowest BCUT2D eigenvalue weighted by Crippen LogP contribution is -2.34. The molecule has 0 bridgehead atoms. The van der Waals surface area contributed by atoms with Crippen molar-refractivity contribution in [1.82, 2.24) is 10.2 Å². The molecule has 1 saturated heterocycles. The van der Waals surface area contributed by atoms with E-state index in [1.54, 1.807) is 13.2 Å². The standard InChI is InChI=1S/C20H24Cl2N2O/c1-25-18-8-5-15(6-9-18)20(24-10-2-3-11-24)14-23-13-16-4-7-17(21)12-19(16)22/h4-9,12,20,23H,2-3,10-11,13-14H2,1H3. The van der Waals surface area contributed by atoms with Gasteiger partial charge in [-0.05, 0) is 61.3 Å². The second-order valence-electron chi connectivity index (χ2n) is 6.40. The average molecular weight is 379 g/mol. The molecule has 1 heterocycles. The summed E-state index contributed by atoms with van der Waals surface area (Å²) in [5, 5.41) is 4.94. The summed E-state index contributed by atoms with van der Waals surface area (Å²) in [6.07, 6.45) is 2.55. The van der Waals surface area contributed by atoms with Crippen molar-refractivity contribution < 1.29 is 4.74 Å². The Labute approximate surface area is 159 Å². The second kappa shape index (κ2) is 8.91. The number of rotatable bonds is 7. The normalized spacial score (nSPS) is 16.1. The van der Waals surface area contributed by atoms with Crippen LogP contribution < -0.4 is 10.1 Å². The third kappa shape index (κ3) is 4.89. The van der Waals surface area contributed by atoms with Gasteiger partial charge < -0.3 is 10.1 Å². The fourth-order valence-corrected chi connectivity index (χ4v) is 3.82. The third-order valence-corrected chi connectivity index (χ3v) is 5.34. The summed E-state index contributed by atoms with van der Waals surface area (Å²) in [6.45, 7) is 3.92. The molecule has 1 aliphatic heterocycles. The van der Waals surface area contributed by atoms with E-state index >= 15 is 0 Å². The summed E-state index contributed by atoms with van der Waals surface area (Å²) in [4.78, 5) is 2.55. The van der Waals surface area contributed by atoms with Crippen molar-refractivity contribution in [3.05, 3.63) is 63.6 Å². The first-order valence-electron chi connectivity index (χ1n) is 8.70. The van der Waals surface area contributed by atoms with E-state index in [2.05, 4.69) is 22.3 Å². The van der Waals surface area contributed by atoms with E-state index in [1.807, 2.05) is 24.3 Å². The highest BCUT2D eigenvalue weighted by Gasteiger charge is 2.23. The second-order valence-corrected chi connectivity index (χ2v) is 7.24. The Bertz CT molecular complexity index is 685. The van der Waals surface area contributed by atoms with Gasteiger partial charge in [0.2, 0.25) is 0 Å². The lowest BCUT2D eigenvalue weighted by Gasteiger charge is -2.28. The molecule has 0 spiro atoms. The summed E-state index contributed by atoms with van der Waals surface area (Å²) in [6, 6.07) is 14.4. The van der Waals surface area contributed by atoms with Gasteiger partial charge >= 0.3 is 0 Å². The van der Waals surface area contributed by atoms with Crippen LogP contribution >= 0.6 is 23.2 Å². The van der Waals surface area contributed by atoms with E-state index in [0.29, 0.717) is 16.1 Å². The highest BCUT2D eigenvalue weighted by Crippen LogP contribution is 2.27. The summed E-state index contributed by atoms with van der Waals surface area (Å²) in [5.41, 5.74) is 2.39. The molecule has 1 N–H and O–H groups in total. The number of hydrogen-bond acceptors (Lipinski definition) is 3. The van der Waals surface area contributed by atoms with Crippen molar-refractivity contribution in [2.45, 2.75) is 25.4 Å². The van der Waals surface area contributed by atoms with Gasteiger partial charge in [-0.15, -0.1) is 0 Å². The van der Waals surface area contributed by atoms with Gasteiger partial charge in [0.25, 0.3) is 0 Å². The van der Waals surface area contributed by atoms with Crippen molar-refractivity contribution in [3.8, 4) is 5.75 Å². The zero-order valence-electron chi connectivity index (χ0n) is 14.5. The molecule has 5 heteroatoms. The first-order valence-corrected chi connectivity index (χ1v) is 9.45. The number of benzene rings is 2. The minimum absolute atomic E-state index is 0.361. The molecular weight excluding hydrogens is 355 g/mol. The molecule has 0 aliphatic carbocycles. The first kappa shape index (κ1) is 18.5. The van der Waals surface area contributed by atoms with Crippen LogP contribution in [0.5, 0.6) is 5.75 Å². The van der Waals surface area contributed by atoms with Crippen LogP contribution in [0.3, 0.4) is 0 Å². The molecule has 25 heavy (non-hydrogen) atoms. The number of hydrogen-bond donors (Lipinski definition) is 1. The van der Waals surface area contributed by atoms with Crippen LogP contribution in [-0.4, -0.2) is 31.6 Å². The Kier molecular flexibility index (Phi) is 6.60. The molecule has 0 aromatic heterocycles. The van der Waals surface area contributed by atoms with Gasteiger partial charge in [-0.25, -0.2) is 0 Å². The van der Waals surface area contributed by atoms with E-state index in [0.717, 1.165) is 37.5 Å². The Morgan fingerprint density at radius 3 is 2.44 bits per heavy atom. The zero-order chi connectivity index (χ0) is 17.6. The zero-order valence-corrected chi connectivity index (χ0v) is 16.0. The van der Waals surface area contributed by atoms with Crippen LogP contribution in [0, 0.1) is 0 Å². The van der Waals surface area contributed by atoms with Gasteiger partial charge in [0.05, 0.1) is 7.11 Å². The summed E-state index contributed by atoms with van der Waals surface area (Å²) < 4.78 is 5.28. The third-order valence-electron chi connectivity index (χ3n) is 4.75. The van der Waals surface area contributed by atoms with Crippen LogP contribution in [0.4, 0.5) is 0 Å². The predicted octanol–water partition coefficient (Wildman–Crippen LogP) is 4.93. The van der Waals surface area contributed by atoms with Gasteiger partial charge in [-0.3, -0.25) is 4.90 Å². The number of nitrogens with zero attached hydrogens (tertiary/aromatic N) is 1. The Balaban J connectivity index is 1.67. The molecule has 0 radical (unpaired) electrons. The largest absolute Gasteiger partial charge is 0.497 e. The minimum Gasteiger partial charge on any atom is -0.497 e. The van der Waals surface area contributed by atoms with E-state index in [-0.39, 0.29) is 0 Å². The molecule has 2 aromatic carbocycles. The fourth-order valence-electron chi connectivity index (χ4n) is 3.35. The van der Waals surface area contributed by atoms with Crippen LogP contribution in [0.1, 0.15) is 30.0 Å². The molecule has 1 fully saturated rings. The predicted molar refractivity (Wildman–Crippen MR) is 105 cm³/mol. The van der Waals surface area contributed by atoms with Crippen molar-refractivity contribution in [2.24, 2.45) is 0 Å². The van der Waals surface area contributed by atoms with Crippen LogP contribution in [0.25, 0.3) is 0 Å². The molecule has 0 saturated carbocycles. The van der Waals surface area contributed by atoms with Crippen LogP contribution in [0.2, 0.25) is 10.0 Å². The van der Waals surface area contributed by atoms with Gasteiger partial charge in [0.15, 0.2) is 0 Å².